The fourth-order valence-corrected chi connectivity index (χ4v) is 2.14. The second-order valence-electron chi connectivity index (χ2n) is 3.56. The Hall–Kier alpha value is -1.93. The Balaban J connectivity index is 2.09. The first-order chi connectivity index (χ1) is 8.17. The van der Waals surface area contributed by atoms with E-state index in [1.54, 1.807) is 23.6 Å². The molecule has 0 unspecified atom stereocenters. The summed E-state index contributed by atoms with van der Waals surface area (Å²) >= 11 is 1.59. The third-order valence-electron chi connectivity index (χ3n) is 2.14. The second-order valence-corrected chi connectivity index (χ2v) is 4.88. The lowest BCUT2D eigenvalue weighted by Gasteiger charge is -2.04. The van der Waals surface area contributed by atoms with Crippen molar-refractivity contribution in [1.29, 1.82) is 5.26 Å². The van der Waals surface area contributed by atoms with Crippen molar-refractivity contribution < 1.29 is 4.39 Å². The molecule has 0 fully saturated rings. The molecule has 17 heavy (non-hydrogen) atoms. The summed E-state index contributed by atoms with van der Waals surface area (Å²) in [5.41, 5.74) is 0.900. The van der Waals surface area contributed by atoms with Crippen LogP contribution in [-0.2, 0) is 6.54 Å². The van der Waals surface area contributed by atoms with Crippen molar-refractivity contribution in [2.24, 2.45) is 0 Å². The van der Waals surface area contributed by atoms with E-state index in [4.69, 9.17) is 5.26 Å². The number of aromatic nitrogens is 1. The maximum absolute atomic E-state index is 13.1. The maximum atomic E-state index is 13.1. The number of nitriles is 1. The third kappa shape index (κ3) is 3.02. The first-order valence-electron chi connectivity index (χ1n) is 5.03. The summed E-state index contributed by atoms with van der Waals surface area (Å²) in [6.45, 7) is 2.52. The first-order valence-corrected chi connectivity index (χ1v) is 5.85. The molecule has 0 atom stereocenters. The molecule has 0 spiro atoms. The van der Waals surface area contributed by atoms with E-state index in [2.05, 4.69) is 10.3 Å². The summed E-state index contributed by atoms with van der Waals surface area (Å²) < 4.78 is 13.1. The molecule has 1 aromatic heterocycles. The molecule has 0 saturated heterocycles. The van der Waals surface area contributed by atoms with Gasteiger partial charge in [-0.25, -0.2) is 9.37 Å². The van der Waals surface area contributed by atoms with E-state index >= 15 is 0 Å². The number of nitrogens with zero attached hydrogens (tertiary/aromatic N) is 2. The smallest absolute Gasteiger partial charge is 0.126 e. The molecular weight excluding hydrogens is 237 g/mol. The van der Waals surface area contributed by atoms with Gasteiger partial charge in [-0.15, -0.1) is 11.3 Å². The lowest BCUT2D eigenvalue weighted by Crippen LogP contribution is -1.99. The summed E-state index contributed by atoms with van der Waals surface area (Å²) in [7, 11) is 0. The zero-order chi connectivity index (χ0) is 12.3. The number of anilines is 1. The molecule has 2 rings (SSSR count). The standard InChI is InChI=1S/C12H10FN3S/c1-8-6-16-12(17-8)7-15-11-3-9(5-14)2-10(13)4-11/h2-4,6,15H,7H2,1H3. The second kappa shape index (κ2) is 4.93. The van der Waals surface area contributed by atoms with Crippen LogP contribution in [0.15, 0.2) is 24.4 Å². The molecule has 0 aliphatic heterocycles. The van der Waals surface area contributed by atoms with E-state index < -0.39 is 5.82 Å². The highest BCUT2D eigenvalue weighted by Gasteiger charge is 2.02. The van der Waals surface area contributed by atoms with Crippen molar-refractivity contribution in [2.75, 3.05) is 5.32 Å². The first kappa shape index (κ1) is 11.6. The van der Waals surface area contributed by atoms with Crippen molar-refractivity contribution in [3.8, 4) is 6.07 Å². The summed E-state index contributed by atoms with van der Waals surface area (Å²) in [5.74, 6) is -0.415. The van der Waals surface area contributed by atoms with Gasteiger partial charge >= 0.3 is 0 Å². The van der Waals surface area contributed by atoms with Gasteiger partial charge in [-0.2, -0.15) is 5.26 Å². The van der Waals surface area contributed by atoms with Crippen molar-refractivity contribution in [3.63, 3.8) is 0 Å². The van der Waals surface area contributed by atoms with Gasteiger partial charge in [0.2, 0.25) is 0 Å². The summed E-state index contributed by atoms with van der Waals surface area (Å²) in [4.78, 5) is 5.33. The number of thiazole rings is 1. The number of hydrogen-bond donors (Lipinski definition) is 1. The Kier molecular flexibility index (Phi) is 3.35. The Labute approximate surface area is 103 Å². The summed E-state index contributed by atoms with van der Waals surface area (Å²) in [5, 5.41) is 12.7. The molecule has 0 bridgehead atoms. The Morgan fingerprint density at radius 2 is 2.29 bits per heavy atom. The number of nitrogens with one attached hydrogen (secondary N) is 1. The number of halogens is 1. The monoisotopic (exact) mass is 247 g/mol. The highest BCUT2D eigenvalue weighted by atomic mass is 32.1. The predicted octanol–water partition coefficient (Wildman–Crippen LogP) is 3.07. The minimum absolute atomic E-state index is 0.308. The van der Waals surface area contributed by atoms with Crippen LogP contribution >= 0.6 is 11.3 Å². The SMILES string of the molecule is Cc1cnc(CNc2cc(F)cc(C#N)c2)s1. The molecule has 0 aliphatic carbocycles. The van der Waals surface area contributed by atoms with E-state index in [1.807, 2.05) is 13.0 Å². The summed E-state index contributed by atoms with van der Waals surface area (Å²) in [6, 6.07) is 6.10. The third-order valence-corrected chi connectivity index (χ3v) is 3.05. The van der Waals surface area contributed by atoms with Crippen LogP contribution in [0, 0.1) is 24.1 Å². The van der Waals surface area contributed by atoms with Crippen LogP contribution in [0.3, 0.4) is 0 Å². The highest BCUT2D eigenvalue weighted by molar-refractivity contribution is 7.11. The zero-order valence-corrected chi connectivity index (χ0v) is 10.0. The molecule has 3 nitrogen and oxygen atoms in total. The van der Waals surface area contributed by atoms with Crippen LogP contribution in [0.1, 0.15) is 15.4 Å². The van der Waals surface area contributed by atoms with Gasteiger partial charge in [-0.05, 0) is 25.1 Å². The lowest BCUT2D eigenvalue weighted by molar-refractivity contribution is 0.627. The molecule has 86 valence electrons. The van der Waals surface area contributed by atoms with E-state index in [-0.39, 0.29) is 0 Å². The molecule has 0 radical (unpaired) electrons. The largest absolute Gasteiger partial charge is 0.378 e. The van der Waals surface area contributed by atoms with Crippen molar-refractivity contribution in [2.45, 2.75) is 13.5 Å². The average Bonchev–Trinajstić information content (AvgIpc) is 2.72. The maximum Gasteiger partial charge on any atom is 0.126 e. The van der Waals surface area contributed by atoms with Crippen LogP contribution in [0.25, 0.3) is 0 Å². The Bertz CT molecular complexity index is 571. The molecule has 0 amide bonds. The minimum atomic E-state index is -0.415. The molecule has 0 aliphatic rings. The van der Waals surface area contributed by atoms with Gasteiger partial charge in [0.05, 0.1) is 18.2 Å². The number of benzene rings is 1. The van der Waals surface area contributed by atoms with Gasteiger partial charge in [0.1, 0.15) is 10.8 Å². The normalized spacial score (nSPS) is 9.94. The Morgan fingerprint density at radius 3 is 2.94 bits per heavy atom. The van der Waals surface area contributed by atoms with Crippen LogP contribution in [0.5, 0.6) is 0 Å². The van der Waals surface area contributed by atoms with Gasteiger partial charge in [-0.3, -0.25) is 0 Å². The van der Waals surface area contributed by atoms with Gasteiger partial charge in [0, 0.05) is 16.8 Å². The van der Waals surface area contributed by atoms with E-state index in [0.717, 1.165) is 9.88 Å². The van der Waals surface area contributed by atoms with E-state index in [0.29, 0.717) is 17.8 Å². The number of hydrogen-bond acceptors (Lipinski definition) is 4. The van der Waals surface area contributed by atoms with Crippen molar-refractivity contribution >= 4 is 17.0 Å². The summed E-state index contributed by atoms with van der Waals surface area (Å²) in [6.07, 6.45) is 1.80. The van der Waals surface area contributed by atoms with Crippen LogP contribution < -0.4 is 5.32 Å². The lowest BCUT2D eigenvalue weighted by atomic mass is 10.2. The average molecular weight is 247 g/mol. The molecule has 1 aromatic carbocycles. The highest BCUT2D eigenvalue weighted by Crippen LogP contribution is 2.16. The van der Waals surface area contributed by atoms with Gasteiger partial charge < -0.3 is 5.32 Å². The van der Waals surface area contributed by atoms with Gasteiger partial charge in [0.25, 0.3) is 0 Å². The topological polar surface area (TPSA) is 48.7 Å². The van der Waals surface area contributed by atoms with Gasteiger partial charge in [0.15, 0.2) is 0 Å². The number of aryl methyl sites for hydroxylation is 1. The molecule has 1 heterocycles. The van der Waals surface area contributed by atoms with Crippen LogP contribution in [0.4, 0.5) is 10.1 Å². The molecule has 1 N–H and O–H groups in total. The molecule has 2 aromatic rings. The predicted molar refractivity (Wildman–Crippen MR) is 65.3 cm³/mol. The van der Waals surface area contributed by atoms with Gasteiger partial charge in [-0.1, -0.05) is 0 Å². The van der Waals surface area contributed by atoms with E-state index in [1.165, 1.54) is 12.1 Å². The van der Waals surface area contributed by atoms with Crippen molar-refractivity contribution in [3.05, 3.63) is 45.7 Å². The molecule has 0 saturated carbocycles. The van der Waals surface area contributed by atoms with Crippen LogP contribution in [-0.4, -0.2) is 4.98 Å². The minimum Gasteiger partial charge on any atom is -0.378 e. The fourth-order valence-electron chi connectivity index (χ4n) is 1.42. The quantitative estimate of drug-likeness (QED) is 0.906. The van der Waals surface area contributed by atoms with Crippen molar-refractivity contribution in [1.82, 2.24) is 4.98 Å². The molecular formula is C12H10FN3S. The zero-order valence-electron chi connectivity index (χ0n) is 9.20. The fraction of sp³-hybridized carbons (Fsp3) is 0.167. The molecule has 5 heteroatoms. The Morgan fingerprint density at radius 1 is 1.47 bits per heavy atom. The van der Waals surface area contributed by atoms with E-state index in [9.17, 15) is 4.39 Å². The van der Waals surface area contributed by atoms with Crippen LogP contribution in [0.2, 0.25) is 0 Å². The number of rotatable bonds is 3.